The molecule has 0 radical (unpaired) electrons. The summed E-state index contributed by atoms with van der Waals surface area (Å²) in [5.74, 6) is 0.801. The molecule has 0 bridgehead atoms. The van der Waals surface area contributed by atoms with Crippen molar-refractivity contribution in [2.24, 2.45) is 0 Å². The average molecular weight is 362 g/mol. The lowest BCUT2D eigenvalue weighted by atomic mass is 10.0. The van der Waals surface area contributed by atoms with Gasteiger partial charge in [-0.1, -0.05) is 41.0 Å². The van der Waals surface area contributed by atoms with Crippen LogP contribution in [0.5, 0.6) is 0 Å². The third kappa shape index (κ3) is 3.40. The topological polar surface area (TPSA) is 67.2 Å². The second kappa shape index (κ2) is 7.19. The number of carbonyl (C=O) groups is 1. The van der Waals surface area contributed by atoms with Crippen LogP contribution in [0.25, 0.3) is 5.69 Å². The smallest absolute Gasteiger partial charge is 0.254 e. The lowest BCUT2D eigenvalue weighted by Gasteiger charge is -2.35. The van der Waals surface area contributed by atoms with Crippen LogP contribution < -0.4 is 4.90 Å². The van der Waals surface area contributed by atoms with Crippen molar-refractivity contribution in [3.63, 3.8) is 0 Å². The van der Waals surface area contributed by atoms with Gasteiger partial charge in [0.2, 0.25) is 5.95 Å². The minimum atomic E-state index is 0.0924. The Bertz CT molecular complexity index is 944. The van der Waals surface area contributed by atoms with Crippen LogP contribution in [0.2, 0.25) is 0 Å². The molecule has 0 N–H and O–H groups in total. The van der Waals surface area contributed by atoms with Crippen molar-refractivity contribution in [3.8, 4) is 5.69 Å². The van der Waals surface area contributed by atoms with Gasteiger partial charge in [0.15, 0.2) is 0 Å². The first kappa shape index (κ1) is 17.2. The van der Waals surface area contributed by atoms with Crippen molar-refractivity contribution >= 4 is 11.9 Å². The number of tetrazole rings is 1. The summed E-state index contributed by atoms with van der Waals surface area (Å²) in [5.41, 5.74) is 3.89. The van der Waals surface area contributed by atoms with E-state index in [9.17, 15) is 4.79 Å². The first-order valence-electron chi connectivity index (χ1n) is 9.09. The number of amides is 1. The Morgan fingerprint density at radius 2 is 1.70 bits per heavy atom. The van der Waals surface area contributed by atoms with Crippen LogP contribution in [-0.2, 0) is 0 Å². The van der Waals surface area contributed by atoms with E-state index in [1.165, 1.54) is 5.56 Å². The van der Waals surface area contributed by atoms with E-state index in [-0.39, 0.29) is 5.91 Å². The highest BCUT2D eigenvalue weighted by atomic mass is 16.2. The molecule has 1 saturated heterocycles. The number of piperazine rings is 1. The van der Waals surface area contributed by atoms with Gasteiger partial charge in [-0.15, -0.1) is 0 Å². The van der Waals surface area contributed by atoms with Crippen molar-refractivity contribution in [3.05, 3.63) is 65.2 Å². The normalized spacial score (nSPS) is 14.4. The van der Waals surface area contributed by atoms with Crippen molar-refractivity contribution < 1.29 is 4.79 Å². The SMILES string of the molecule is Cc1ccc(C(=O)N2CCN(c3nnnn3-c3ccccc3)CC2)c(C)c1. The predicted molar refractivity (Wildman–Crippen MR) is 103 cm³/mol. The maximum atomic E-state index is 12.9. The Morgan fingerprint density at radius 3 is 2.41 bits per heavy atom. The van der Waals surface area contributed by atoms with Crippen molar-refractivity contribution in [2.75, 3.05) is 31.1 Å². The molecule has 2 heterocycles. The molecular formula is C20H22N6O. The van der Waals surface area contributed by atoms with E-state index in [0.29, 0.717) is 32.1 Å². The summed E-state index contributed by atoms with van der Waals surface area (Å²) < 4.78 is 1.74. The number of para-hydroxylation sites is 1. The summed E-state index contributed by atoms with van der Waals surface area (Å²) in [4.78, 5) is 16.9. The van der Waals surface area contributed by atoms with Gasteiger partial charge in [0.1, 0.15) is 0 Å². The molecule has 0 atom stereocenters. The van der Waals surface area contributed by atoms with Crippen LogP contribution in [0, 0.1) is 13.8 Å². The van der Waals surface area contributed by atoms with Gasteiger partial charge in [-0.25, -0.2) is 0 Å². The van der Waals surface area contributed by atoms with E-state index in [2.05, 4.69) is 26.5 Å². The molecule has 138 valence electrons. The lowest BCUT2D eigenvalue weighted by molar-refractivity contribution is 0.0745. The maximum absolute atomic E-state index is 12.9. The van der Waals surface area contributed by atoms with Gasteiger partial charge in [0.25, 0.3) is 5.91 Å². The van der Waals surface area contributed by atoms with Crippen LogP contribution in [0.4, 0.5) is 5.95 Å². The number of hydrogen-bond donors (Lipinski definition) is 0. The highest BCUT2D eigenvalue weighted by molar-refractivity contribution is 5.95. The molecule has 2 aromatic carbocycles. The van der Waals surface area contributed by atoms with Gasteiger partial charge < -0.3 is 9.80 Å². The Kier molecular flexibility index (Phi) is 4.58. The third-order valence-corrected chi connectivity index (χ3v) is 4.92. The van der Waals surface area contributed by atoms with Crippen LogP contribution >= 0.6 is 0 Å². The van der Waals surface area contributed by atoms with Crippen molar-refractivity contribution in [1.29, 1.82) is 0 Å². The Balaban J connectivity index is 1.47. The third-order valence-electron chi connectivity index (χ3n) is 4.92. The Labute approximate surface area is 158 Å². The summed E-state index contributed by atoms with van der Waals surface area (Å²) in [5, 5.41) is 12.1. The number of rotatable bonds is 3. The maximum Gasteiger partial charge on any atom is 0.254 e. The van der Waals surface area contributed by atoms with Gasteiger partial charge in [-0.3, -0.25) is 4.79 Å². The molecule has 0 saturated carbocycles. The minimum absolute atomic E-state index is 0.0924. The summed E-state index contributed by atoms with van der Waals surface area (Å²) in [7, 11) is 0. The molecule has 4 rings (SSSR count). The zero-order valence-electron chi connectivity index (χ0n) is 15.5. The first-order chi connectivity index (χ1) is 13.1. The molecule has 0 unspecified atom stereocenters. The van der Waals surface area contributed by atoms with Crippen LogP contribution in [-0.4, -0.2) is 57.2 Å². The highest BCUT2D eigenvalue weighted by Crippen LogP contribution is 2.19. The largest absolute Gasteiger partial charge is 0.336 e. The number of carbonyl (C=O) groups excluding carboxylic acids is 1. The molecule has 1 aliphatic heterocycles. The summed E-state index contributed by atoms with van der Waals surface area (Å²) >= 11 is 0. The fourth-order valence-electron chi connectivity index (χ4n) is 3.45. The number of hydrogen-bond acceptors (Lipinski definition) is 5. The van der Waals surface area contributed by atoms with Gasteiger partial charge in [0, 0.05) is 31.7 Å². The van der Waals surface area contributed by atoms with Crippen molar-refractivity contribution in [2.45, 2.75) is 13.8 Å². The molecule has 27 heavy (non-hydrogen) atoms. The Hall–Kier alpha value is -3.22. The van der Waals surface area contributed by atoms with Gasteiger partial charge >= 0.3 is 0 Å². The fourth-order valence-corrected chi connectivity index (χ4v) is 3.45. The van der Waals surface area contributed by atoms with E-state index in [1.807, 2.05) is 61.2 Å². The zero-order chi connectivity index (χ0) is 18.8. The number of nitrogens with zero attached hydrogens (tertiary/aromatic N) is 6. The number of benzene rings is 2. The molecule has 1 fully saturated rings. The lowest BCUT2D eigenvalue weighted by Crippen LogP contribution is -2.49. The predicted octanol–water partition coefficient (Wildman–Crippen LogP) is 2.24. The average Bonchev–Trinajstić information content (AvgIpc) is 3.18. The van der Waals surface area contributed by atoms with Crippen molar-refractivity contribution in [1.82, 2.24) is 25.1 Å². The highest BCUT2D eigenvalue weighted by Gasteiger charge is 2.26. The summed E-state index contributed by atoms with van der Waals surface area (Å²) in [6.45, 7) is 6.72. The standard InChI is InChI=1S/C20H22N6O/c1-15-8-9-18(16(2)14-15)19(27)24-10-12-25(13-11-24)20-21-22-23-26(20)17-6-4-3-5-7-17/h3-9,14H,10-13H2,1-2H3. The van der Waals surface area contributed by atoms with Crippen LogP contribution in [0.3, 0.4) is 0 Å². The molecule has 1 amide bonds. The molecule has 0 spiro atoms. The van der Waals surface area contributed by atoms with Crippen LogP contribution in [0.15, 0.2) is 48.5 Å². The van der Waals surface area contributed by atoms with E-state index in [0.717, 1.165) is 16.8 Å². The van der Waals surface area contributed by atoms with E-state index in [1.54, 1.807) is 4.68 Å². The van der Waals surface area contributed by atoms with Gasteiger partial charge in [-0.2, -0.15) is 4.68 Å². The monoisotopic (exact) mass is 362 g/mol. The quantitative estimate of drug-likeness (QED) is 0.715. The van der Waals surface area contributed by atoms with E-state index >= 15 is 0 Å². The molecule has 7 nitrogen and oxygen atoms in total. The van der Waals surface area contributed by atoms with E-state index < -0.39 is 0 Å². The van der Waals surface area contributed by atoms with Gasteiger partial charge in [0.05, 0.1) is 5.69 Å². The Morgan fingerprint density at radius 1 is 0.963 bits per heavy atom. The second-order valence-electron chi connectivity index (χ2n) is 6.82. The molecule has 1 aliphatic rings. The first-order valence-corrected chi connectivity index (χ1v) is 9.09. The van der Waals surface area contributed by atoms with Gasteiger partial charge in [-0.05, 0) is 48.0 Å². The molecule has 3 aromatic rings. The van der Waals surface area contributed by atoms with E-state index in [4.69, 9.17) is 0 Å². The second-order valence-corrected chi connectivity index (χ2v) is 6.82. The molecule has 1 aromatic heterocycles. The van der Waals surface area contributed by atoms with Crippen LogP contribution in [0.1, 0.15) is 21.5 Å². The number of aryl methyl sites for hydroxylation is 2. The summed E-state index contributed by atoms with van der Waals surface area (Å²) in [6, 6.07) is 15.8. The molecule has 7 heteroatoms. The number of aromatic nitrogens is 4. The fraction of sp³-hybridized carbons (Fsp3) is 0.300. The number of anilines is 1. The minimum Gasteiger partial charge on any atom is -0.336 e. The zero-order valence-corrected chi connectivity index (χ0v) is 15.5. The molecule has 0 aliphatic carbocycles. The summed E-state index contributed by atoms with van der Waals surface area (Å²) in [6.07, 6.45) is 0. The molecular weight excluding hydrogens is 340 g/mol.